The van der Waals surface area contributed by atoms with Gasteiger partial charge in [-0.2, -0.15) is 13.2 Å². The Morgan fingerprint density at radius 1 is 0.947 bits per heavy atom. The molecule has 1 fully saturated rings. The van der Waals surface area contributed by atoms with Crippen molar-refractivity contribution >= 4 is 5.91 Å². The van der Waals surface area contributed by atoms with Crippen LogP contribution in [0.1, 0.15) is 67.7 Å². The highest BCUT2D eigenvalue weighted by Gasteiger charge is 2.37. The predicted molar refractivity (Wildman–Crippen MR) is 144 cm³/mol. The quantitative estimate of drug-likeness (QED) is 0.301. The summed E-state index contributed by atoms with van der Waals surface area (Å²) >= 11 is 0. The lowest BCUT2D eigenvalue weighted by atomic mass is 9.82. The van der Waals surface area contributed by atoms with Crippen molar-refractivity contribution in [3.63, 3.8) is 0 Å². The molecule has 2 unspecified atom stereocenters. The van der Waals surface area contributed by atoms with Crippen LogP contribution in [-0.2, 0) is 17.4 Å². The van der Waals surface area contributed by atoms with Gasteiger partial charge in [-0.05, 0) is 73.1 Å². The van der Waals surface area contributed by atoms with Gasteiger partial charge in [0.05, 0.1) is 17.5 Å². The van der Waals surface area contributed by atoms with Crippen LogP contribution in [0.3, 0.4) is 0 Å². The fraction of sp³-hybridized carbons (Fsp3) is 0.406. The number of nitrogens with zero attached hydrogens (tertiary/aromatic N) is 1. The average Bonchev–Trinajstić information content (AvgIpc) is 2.91. The molecule has 4 rings (SSSR count). The summed E-state index contributed by atoms with van der Waals surface area (Å²) in [6.45, 7) is 7.15. The van der Waals surface area contributed by atoms with Gasteiger partial charge in [-0.15, -0.1) is 0 Å². The lowest BCUT2D eigenvalue weighted by molar-refractivity contribution is -0.138. The second-order valence-corrected chi connectivity index (χ2v) is 10.7. The van der Waals surface area contributed by atoms with Crippen molar-refractivity contribution in [2.45, 2.75) is 64.1 Å². The number of rotatable bonds is 8. The van der Waals surface area contributed by atoms with E-state index in [0.717, 1.165) is 42.5 Å². The van der Waals surface area contributed by atoms with E-state index in [4.69, 9.17) is 4.74 Å². The van der Waals surface area contributed by atoms with E-state index >= 15 is 0 Å². The minimum Gasteiger partial charge on any atom is -0.491 e. The SMILES string of the molecule is CC(C)Cc1ccc([C@H](C)C(=O)N2CCCC(c3ccccc3)C2COc2ccc(C(F)(F)F)cc2)cc1. The van der Waals surface area contributed by atoms with Crippen molar-refractivity contribution in [3.8, 4) is 5.75 Å². The molecule has 0 aromatic heterocycles. The Kier molecular flexibility index (Phi) is 8.80. The van der Waals surface area contributed by atoms with Crippen molar-refractivity contribution in [1.29, 1.82) is 0 Å². The molecule has 0 N–H and O–H groups in total. The normalized spacial score (nSPS) is 18.9. The first-order valence-electron chi connectivity index (χ1n) is 13.4. The number of ether oxygens (including phenoxy) is 1. The van der Waals surface area contributed by atoms with Gasteiger partial charge in [-0.1, -0.05) is 68.4 Å². The monoisotopic (exact) mass is 523 g/mol. The molecule has 0 aliphatic carbocycles. The lowest BCUT2D eigenvalue weighted by Crippen LogP contribution is -2.51. The number of halogens is 3. The van der Waals surface area contributed by atoms with Crippen LogP contribution in [0, 0.1) is 5.92 Å². The van der Waals surface area contributed by atoms with Gasteiger partial charge >= 0.3 is 6.18 Å². The van der Waals surface area contributed by atoms with E-state index in [2.05, 4.69) is 38.1 Å². The Hall–Kier alpha value is -3.28. The van der Waals surface area contributed by atoms with Gasteiger partial charge in [0.25, 0.3) is 0 Å². The molecule has 1 saturated heterocycles. The molecule has 1 heterocycles. The maximum atomic E-state index is 13.9. The Morgan fingerprint density at radius 3 is 2.21 bits per heavy atom. The van der Waals surface area contributed by atoms with E-state index in [1.165, 1.54) is 17.7 Å². The second kappa shape index (κ2) is 12.1. The van der Waals surface area contributed by atoms with Crippen molar-refractivity contribution in [1.82, 2.24) is 4.90 Å². The maximum absolute atomic E-state index is 13.9. The summed E-state index contributed by atoms with van der Waals surface area (Å²) in [6.07, 6.45) is -1.61. The molecular weight excluding hydrogens is 487 g/mol. The standard InChI is InChI=1S/C32H36F3NO2/c1-22(2)20-24-11-13-25(14-12-24)23(3)31(37)36-19-7-10-29(26-8-5-4-6-9-26)30(36)21-38-28-17-15-27(16-18-28)32(33,34)35/h4-6,8-9,11-18,22-23,29-30H,7,10,19-21H2,1-3H3/t23-,29?,30?/m0/s1. The predicted octanol–water partition coefficient (Wildman–Crippen LogP) is 7.86. The molecule has 3 aromatic carbocycles. The highest BCUT2D eigenvalue weighted by Crippen LogP contribution is 2.36. The zero-order valence-electron chi connectivity index (χ0n) is 22.2. The van der Waals surface area contributed by atoms with Gasteiger partial charge in [-0.25, -0.2) is 0 Å². The smallest absolute Gasteiger partial charge is 0.416 e. The fourth-order valence-electron chi connectivity index (χ4n) is 5.35. The van der Waals surface area contributed by atoms with Gasteiger partial charge in [0, 0.05) is 12.5 Å². The van der Waals surface area contributed by atoms with Gasteiger partial charge in [0.1, 0.15) is 12.4 Å². The first-order valence-corrected chi connectivity index (χ1v) is 13.4. The van der Waals surface area contributed by atoms with E-state index in [9.17, 15) is 18.0 Å². The Morgan fingerprint density at radius 2 is 1.61 bits per heavy atom. The van der Waals surface area contributed by atoms with Gasteiger partial charge < -0.3 is 9.64 Å². The largest absolute Gasteiger partial charge is 0.491 e. The molecule has 0 saturated carbocycles. The van der Waals surface area contributed by atoms with E-state index in [1.807, 2.05) is 42.2 Å². The molecule has 38 heavy (non-hydrogen) atoms. The molecule has 3 atom stereocenters. The number of amides is 1. The third kappa shape index (κ3) is 6.77. The molecule has 0 radical (unpaired) electrons. The lowest BCUT2D eigenvalue weighted by Gasteiger charge is -2.42. The average molecular weight is 524 g/mol. The molecule has 3 nitrogen and oxygen atoms in total. The number of piperidine rings is 1. The number of hydrogen-bond acceptors (Lipinski definition) is 2. The van der Waals surface area contributed by atoms with Gasteiger partial charge in [0.15, 0.2) is 0 Å². The van der Waals surface area contributed by atoms with E-state index in [0.29, 0.717) is 18.2 Å². The minimum absolute atomic E-state index is 0.0447. The molecule has 1 aliphatic heterocycles. The summed E-state index contributed by atoms with van der Waals surface area (Å²) in [6, 6.07) is 22.9. The van der Waals surface area contributed by atoms with Crippen LogP contribution in [-0.4, -0.2) is 30.0 Å². The highest BCUT2D eigenvalue weighted by molar-refractivity contribution is 5.84. The van der Waals surface area contributed by atoms with Gasteiger partial charge in [-0.3, -0.25) is 4.79 Å². The summed E-state index contributed by atoms with van der Waals surface area (Å²) < 4.78 is 45.0. The number of carbonyl (C=O) groups excluding carboxylic acids is 1. The second-order valence-electron chi connectivity index (χ2n) is 10.7. The zero-order chi connectivity index (χ0) is 27.3. The topological polar surface area (TPSA) is 29.5 Å². The van der Waals surface area contributed by atoms with Crippen molar-refractivity contribution in [2.24, 2.45) is 5.92 Å². The number of benzene rings is 3. The summed E-state index contributed by atoms with van der Waals surface area (Å²) in [7, 11) is 0. The Balaban J connectivity index is 1.55. The molecule has 0 spiro atoms. The van der Waals surface area contributed by atoms with Gasteiger partial charge in [0.2, 0.25) is 5.91 Å². The van der Waals surface area contributed by atoms with Crippen LogP contribution in [0.25, 0.3) is 0 Å². The molecule has 1 amide bonds. The van der Waals surface area contributed by atoms with Crippen LogP contribution in [0.5, 0.6) is 5.75 Å². The third-order valence-corrected chi connectivity index (χ3v) is 7.39. The van der Waals surface area contributed by atoms with Crippen LogP contribution < -0.4 is 4.74 Å². The van der Waals surface area contributed by atoms with E-state index in [-0.39, 0.29) is 30.4 Å². The first kappa shape index (κ1) is 27.7. The molecular formula is C32H36F3NO2. The van der Waals surface area contributed by atoms with Crippen molar-refractivity contribution < 1.29 is 22.7 Å². The summed E-state index contributed by atoms with van der Waals surface area (Å²) in [5, 5.41) is 0. The minimum atomic E-state index is -4.40. The summed E-state index contributed by atoms with van der Waals surface area (Å²) in [4.78, 5) is 15.8. The number of alkyl halides is 3. The third-order valence-electron chi connectivity index (χ3n) is 7.39. The molecule has 202 valence electrons. The number of likely N-dealkylation sites (tertiary alicyclic amines) is 1. The number of hydrogen-bond donors (Lipinski definition) is 0. The number of carbonyl (C=O) groups is 1. The fourth-order valence-corrected chi connectivity index (χ4v) is 5.35. The van der Waals surface area contributed by atoms with Crippen LogP contribution >= 0.6 is 0 Å². The Labute approximate surface area is 223 Å². The van der Waals surface area contributed by atoms with E-state index < -0.39 is 11.7 Å². The van der Waals surface area contributed by atoms with Crippen LogP contribution in [0.4, 0.5) is 13.2 Å². The van der Waals surface area contributed by atoms with E-state index in [1.54, 1.807) is 0 Å². The van der Waals surface area contributed by atoms with Crippen molar-refractivity contribution in [2.75, 3.05) is 13.2 Å². The molecule has 3 aromatic rings. The Bertz CT molecular complexity index is 1170. The van der Waals surface area contributed by atoms with Crippen molar-refractivity contribution in [3.05, 3.63) is 101 Å². The first-order chi connectivity index (χ1) is 18.1. The summed E-state index contributed by atoms with van der Waals surface area (Å²) in [5.74, 6) is 0.726. The van der Waals surface area contributed by atoms with Crippen LogP contribution in [0.2, 0.25) is 0 Å². The molecule has 6 heteroatoms. The maximum Gasteiger partial charge on any atom is 0.416 e. The molecule has 0 bridgehead atoms. The highest BCUT2D eigenvalue weighted by atomic mass is 19.4. The zero-order valence-corrected chi connectivity index (χ0v) is 22.2. The summed E-state index contributed by atoms with van der Waals surface area (Å²) in [5.41, 5.74) is 2.66. The van der Waals surface area contributed by atoms with Crippen LogP contribution in [0.15, 0.2) is 78.9 Å². The molecule has 1 aliphatic rings.